The average molecular weight is 336 g/mol. The highest BCUT2D eigenvalue weighted by Crippen LogP contribution is 2.18. The van der Waals surface area contributed by atoms with E-state index < -0.39 is 20.7 Å². The van der Waals surface area contributed by atoms with Crippen LogP contribution in [0.4, 0.5) is 0 Å². The number of hydrogen-bond donors (Lipinski definition) is 0. The third kappa shape index (κ3) is 9.14. The third-order valence-electron chi connectivity index (χ3n) is 2.58. The van der Waals surface area contributed by atoms with E-state index in [1.807, 2.05) is 20.8 Å². The Labute approximate surface area is 133 Å². The van der Waals surface area contributed by atoms with Gasteiger partial charge in [-0.15, -0.1) is 0 Å². The molecule has 0 N–H and O–H groups in total. The molecule has 0 aromatic heterocycles. The normalized spacial score (nSPS) is 11.3. The van der Waals surface area contributed by atoms with E-state index in [0.29, 0.717) is 32.3 Å². The summed E-state index contributed by atoms with van der Waals surface area (Å²) >= 11 is 0. The first kappa shape index (κ1) is 21.0. The van der Waals surface area contributed by atoms with Crippen molar-refractivity contribution in [3.63, 3.8) is 0 Å². The molecule has 0 aliphatic rings. The van der Waals surface area contributed by atoms with Gasteiger partial charge in [0.25, 0.3) is 0 Å². The predicted octanol–water partition coefficient (Wildman–Crippen LogP) is 1.92. The lowest BCUT2D eigenvalue weighted by atomic mass is 10.4. The van der Waals surface area contributed by atoms with Gasteiger partial charge >= 0.3 is 20.7 Å². The molecule has 0 rings (SSSR count). The first-order valence-corrected chi connectivity index (χ1v) is 9.69. The Kier molecular flexibility index (Phi) is 12.0. The van der Waals surface area contributed by atoms with Crippen molar-refractivity contribution in [2.75, 3.05) is 33.0 Å². The second-order valence-corrected chi connectivity index (χ2v) is 7.02. The molecule has 0 saturated heterocycles. The zero-order valence-corrected chi connectivity index (χ0v) is 15.0. The van der Waals surface area contributed by atoms with Crippen LogP contribution in [0.15, 0.2) is 0 Å². The minimum Gasteiger partial charge on any atom is -0.466 e. The van der Waals surface area contributed by atoms with Crippen LogP contribution in [0, 0.1) is 0 Å². The van der Waals surface area contributed by atoms with Crippen LogP contribution in [0.5, 0.6) is 0 Å². The van der Waals surface area contributed by atoms with Gasteiger partial charge in [0.1, 0.15) is 6.42 Å². The van der Waals surface area contributed by atoms with Crippen LogP contribution in [-0.2, 0) is 32.3 Å². The lowest BCUT2D eigenvalue weighted by Gasteiger charge is -2.28. The molecule has 0 aromatic carbocycles. The molecule has 0 aliphatic heterocycles. The number of ether oxygens (including phenoxy) is 2. The van der Waals surface area contributed by atoms with Crippen molar-refractivity contribution in [2.24, 2.45) is 0 Å². The van der Waals surface area contributed by atoms with Crippen LogP contribution >= 0.6 is 0 Å². The highest BCUT2D eigenvalue weighted by atomic mass is 28.4. The summed E-state index contributed by atoms with van der Waals surface area (Å²) in [6, 6.07) is 0.565. The largest absolute Gasteiger partial charge is 0.501 e. The quantitative estimate of drug-likeness (QED) is 0.220. The molecule has 0 fully saturated rings. The summed E-state index contributed by atoms with van der Waals surface area (Å²) in [4.78, 5) is 22.5. The Morgan fingerprint density at radius 1 is 0.773 bits per heavy atom. The van der Waals surface area contributed by atoms with Crippen molar-refractivity contribution in [1.29, 1.82) is 0 Å². The van der Waals surface area contributed by atoms with Gasteiger partial charge in [0.15, 0.2) is 0 Å². The van der Waals surface area contributed by atoms with Gasteiger partial charge in [0.05, 0.1) is 13.2 Å². The van der Waals surface area contributed by atoms with Gasteiger partial charge in [-0.1, -0.05) is 0 Å². The van der Waals surface area contributed by atoms with Crippen LogP contribution in [0.3, 0.4) is 0 Å². The molecular weight excluding hydrogens is 308 g/mol. The van der Waals surface area contributed by atoms with Crippen LogP contribution < -0.4 is 0 Å². The molecule has 0 atom stereocenters. The van der Waals surface area contributed by atoms with E-state index in [9.17, 15) is 9.59 Å². The minimum absolute atomic E-state index is 0.195. The van der Waals surface area contributed by atoms with E-state index in [1.54, 1.807) is 6.92 Å². The molecule has 0 saturated carbocycles. The molecule has 0 spiro atoms. The summed E-state index contributed by atoms with van der Waals surface area (Å²) in [6.07, 6.45) is 0.194. The second-order valence-electron chi connectivity index (χ2n) is 4.29. The van der Waals surface area contributed by atoms with E-state index in [-0.39, 0.29) is 19.6 Å². The molecule has 0 heterocycles. The van der Waals surface area contributed by atoms with E-state index in [4.69, 9.17) is 18.0 Å². The molecule has 0 aliphatic carbocycles. The van der Waals surface area contributed by atoms with Gasteiger partial charge in [-0.3, -0.25) is 9.59 Å². The fourth-order valence-electron chi connectivity index (χ4n) is 1.86. The van der Waals surface area contributed by atoms with E-state index in [0.717, 1.165) is 0 Å². The summed E-state index contributed by atoms with van der Waals surface area (Å²) in [5, 5.41) is 0. The Morgan fingerprint density at radius 3 is 1.73 bits per heavy atom. The second kappa shape index (κ2) is 12.6. The van der Waals surface area contributed by atoms with Crippen LogP contribution in [0.25, 0.3) is 0 Å². The van der Waals surface area contributed by atoms with E-state index >= 15 is 0 Å². The molecule has 0 unspecified atom stereocenters. The van der Waals surface area contributed by atoms with Gasteiger partial charge in [-0.2, -0.15) is 0 Å². The topological polar surface area (TPSA) is 80.3 Å². The highest BCUT2D eigenvalue weighted by Gasteiger charge is 2.39. The molecule has 0 radical (unpaired) electrons. The summed E-state index contributed by atoms with van der Waals surface area (Å²) < 4.78 is 26.8. The maximum Gasteiger partial charge on any atom is 0.501 e. The summed E-state index contributed by atoms with van der Waals surface area (Å²) in [7, 11) is -2.70. The maximum absolute atomic E-state index is 11.4. The van der Waals surface area contributed by atoms with Gasteiger partial charge in [-0.05, 0) is 34.1 Å². The van der Waals surface area contributed by atoms with Gasteiger partial charge < -0.3 is 22.8 Å². The number of carbonyl (C=O) groups is 2. The third-order valence-corrected chi connectivity index (χ3v) is 5.73. The van der Waals surface area contributed by atoms with Crippen molar-refractivity contribution < 1.29 is 32.3 Å². The Bertz CT molecular complexity index is 305. The molecule has 22 heavy (non-hydrogen) atoms. The molecule has 130 valence electrons. The lowest BCUT2D eigenvalue weighted by molar-refractivity contribution is -0.154. The first-order valence-electron chi connectivity index (χ1n) is 7.76. The van der Waals surface area contributed by atoms with Crippen molar-refractivity contribution in [2.45, 2.75) is 46.6 Å². The van der Waals surface area contributed by atoms with Crippen LogP contribution in [0.2, 0.25) is 6.04 Å². The predicted molar refractivity (Wildman–Crippen MR) is 82.3 cm³/mol. The first-order chi connectivity index (χ1) is 10.5. The van der Waals surface area contributed by atoms with Crippen molar-refractivity contribution in [3.8, 4) is 0 Å². The minimum atomic E-state index is -2.70. The standard InChI is InChI=1S/C14H28O7Si/c1-5-17-13(15)12-14(16)18-10-9-11-22(19-6-2,20-7-3)21-8-4/h5-12H2,1-4H3. The highest BCUT2D eigenvalue weighted by molar-refractivity contribution is 6.60. The SMILES string of the molecule is CCOC(=O)CC(=O)OCCC[Si](OCC)(OCC)OCC. The zero-order chi connectivity index (χ0) is 16.8. The van der Waals surface area contributed by atoms with Crippen molar-refractivity contribution in [1.82, 2.24) is 0 Å². The number of esters is 2. The number of hydrogen-bond acceptors (Lipinski definition) is 7. The summed E-state index contributed by atoms with van der Waals surface area (Å²) in [5.41, 5.74) is 0. The Balaban J connectivity index is 4.16. The van der Waals surface area contributed by atoms with Crippen LogP contribution in [-0.4, -0.2) is 53.8 Å². The van der Waals surface area contributed by atoms with Crippen molar-refractivity contribution in [3.05, 3.63) is 0 Å². The number of carbonyl (C=O) groups excluding carboxylic acids is 2. The zero-order valence-electron chi connectivity index (χ0n) is 14.0. The fraction of sp³-hybridized carbons (Fsp3) is 0.857. The Morgan fingerprint density at radius 2 is 1.27 bits per heavy atom. The molecule has 0 aromatic rings. The van der Waals surface area contributed by atoms with E-state index in [2.05, 4.69) is 4.74 Å². The molecule has 7 nitrogen and oxygen atoms in total. The summed E-state index contributed by atoms with van der Waals surface area (Å²) in [5.74, 6) is -1.16. The van der Waals surface area contributed by atoms with Gasteiger partial charge in [0, 0.05) is 25.9 Å². The monoisotopic (exact) mass is 336 g/mol. The van der Waals surface area contributed by atoms with Gasteiger partial charge in [-0.25, -0.2) is 0 Å². The average Bonchev–Trinajstić information content (AvgIpc) is 2.45. The van der Waals surface area contributed by atoms with Crippen LogP contribution in [0.1, 0.15) is 40.5 Å². The summed E-state index contributed by atoms with van der Waals surface area (Å²) in [6.45, 7) is 9.32. The van der Waals surface area contributed by atoms with Crippen molar-refractivity contribution >= 4 is 20.7 Å². The van der Waals surface area contributed by atoms with E-state index in [1.165, 1.54) is 0 Å². The fourth-order valence-corrected chi connectivity index (χ4v) is 4.44. The smallest absolute Gasteiger partial charge is 0.466 e. The molecule has 8 heteroatoms. The Hall–Kier alpha value is -0.963. The van der Waals surface area contributed by atoms with Gasteiger partial charge in [0.2, 0.25) is 0 Å². The molecular formula is C14H28O7Si. The maximum atomic E-state index is 11.4. The molecule has 0 bridgehead atoms. The lowest BCUT2D eigenvalue weighted by Crippen LogP contribution is -2.46. The number of rotatable bonds is 13. The molecule has 0 amide bonds.